The van der Waals surface area contributed by atoms with E-state index in [9.17, 15) is 0 Å². The zero-order valence-corrected chi connectivity index (χ0v) is 5.02. The fraction of sp³-hybridized carbons (Fsp3) is 1.00. The van der Waals surface area contributed by atoms with E-state index in [1.54, 1.807) is 10.8 Å². The van der Waals surface area contributed by atoms with Gasteiger partial charge in [-0.1, -0.05) is 10.8 Å². The SMILES string of the molecule is NCCSSN. The predicted molar refractivity (Wildman–Crippen MR) is 33.3 cm³/mol. The number of nitrogens with two attached hydrogens (primary N) is 2. The second kappa shape index (κ2) is 5.62. The molecule has 0 saturated heterocycles. The highest BCUT2D eigenvalue weighted by atomic mass is 33.1. The smallest absolute Gasteiger partial charge is 0.0173 e. The highest BCUT2D eigenvalue weighted by Gasteiger charge is 1.76. The van der Waals surface area contributed by atoms with E-state index in [2.05, 4.69) is 0 Å². The average molecular weight is 124 g/mol. The van der Waals surface area contributed by atoms with Crippen LogP contribution in [0.2, 0.25) is 0 Å². The van der Waals surface area contributed by atoms with Crippen LogP contribution in [0, 0.1) is 0 Å². The van der Waals surface area contributed by atoms with Crippen molar-refractivity contribution in [2.24, 2.45) is 10.9 Å². The summed E-state index contributed by atoms with van der Waals surface area (Å²) in [4.78, 5) is 0. The van der Waals surface area contributed by atoms with Gasteiger partial charge in [-0.2, -0.15) is 0 Å². The second-order valence-corrected chi connectivity index (χ2v) is 2.83. The van der Waals surface area contributed by atoms with Gasteiger partial charge in [-0.15, -0.1) is 0 Å². The van der Waals surface area contributed by atoms with Crippen LogP contribution >= 0.6 is 21.8 Å². The van der Waals surface area contributed by atoms with Gasteiger partial charge < -0.3 is 5.73 Å². The van der Waals surface area contributed by atoms with Gasteiger partial charge in [0.15, 0.2) is 0 Å². The fourth-order valence-electron chi connectivity index (χ4n) is 0.0962. The first-order valence-electron chi connectivity index (χ1n) is 1.60. The first kappa shape index (κ1) is 6.62. The van der Waals surface area contributed by atoms with Gasteiger partial charge in [-0.25, -0.2) is 0 Å². The van der Waals surface area contributed by atoms with Gasteiger partial charge in [-0.3, -0.25) is 5.14 Å². The molecule has 0 fully saturated rings. The van der Waals surface area contributed by atoms with Crippen molar-refractivity contribution >= 4 is 21.8 Å². The van der Waals surface area contributed by atoms with E-state index in [4.69, 9.17) is 10.9 Å². The minimum absolute atomic E-state index is 0.717. The summed E-state index contributed by atoms with van der Waals surface area (Å²) in [6.45, 7) is 0.717. The Hall–Kier alpha value is 0.620. The molecular formula is C2H8N2S2. The van der Waals surface area contributed by atoms with Crippen molar-refractivity contribution in [1.82, 2.24) is 0 Å². The van der Waals surface area contributed by atoms with Crippen LogP contribution in [0.1, 0.15) is 0 Å². The summed E-state index contributed by atoms with van der Waals surface area (Å²) in [6, 6.07) is 0. The predicted octanol–water partition coefficient (Wildman–Crippen LogP) is 0.200. The Bertz CT molecular complexity index is 21.5. The molecule has 6 heavy (non-hydrogen) atoms. The molecule has 0 aliphatic carbocycles. The Balaban J connectivity index is 2.34. The Morgan fingerprint density at radius 1 is 1.50 bits per heavy atom. The third kappa shape index (κ3) is 4.62. The largest absolute Gasteiger partial charge is 0.330 e. The molecule has 4 N–H and O–H groups in total. The van der Waals surface area contributed by atoms with Crippen LogP contribution in [0.4, 0.5) is 0 Å². The van der Waals surface area contributed by atoms with Crippen LogP contribution in [-0.2, 0) is 0 Å². The monoisotopic (exact) mass is 124 g/mol. The van der Waals surface area contributed by atoms with E-state index in [1.807, 2.05) is 0 Å². The summed E-state index contributed by atoms with van der Waals surface area (Å²) in [6.07, 6.45) is 0. The Morgan fingerprint density at radius 3 is 2.33 bits per heavy atom. The van der Waals surface area contributed by atoms with Crippen LogP contribution in [0.5, 0.6) is 0 Å². The summed E-state index contributed by atoms with van der Waals surface area (Å²) in [5.74, 6) is 0.946. The summed E-state index contributed by atoms with van der Waals surface area (Å²) in [5.41, 5.74) is 5.12. The molecule has 0 spiro atoms. The van der Waals surface area contributed by atoms with Gasteiger partial charge >= 0.3 is 0 Å². The molecule has 0 rings (SSSR count). The van der Waals surface area contributed by atoms with E-state index in [-0.39, 0.29) is 0 Å². The minimum atomic E-state index is 0.717. The lowest BCUT2D eigenvalue weighted by Crippen LogP contribution is -2.00. The van der Waals surface area contributed by atoms with Gasteiger partial charge in [0, 0.05) is 12.3 Å². The maximum atomic E-state index is 5.12. The molecule has 0 heterocycles. The van der Waals surface area contributed by atoms with Gasteiger partial charge in [0.05, 0.1) is 0 Å². The lowest BCUT2D eigenvalue weighted by Gasteiger charge is -1.86. The van der Waals surface area contributed by atoms with Crippen LogP contribution in [0.15, 0.2) is 0 Å². The van der Waals surface area contributed by atoms with Crippen molar-refractivity contribution in [2.75, 3.05) is 12.3 Å². The van der Waals surface area contributed by atoms with Crippen molar-refractivity contribution in [2.45, 2.75) is 0 Å². The maximum Gasteiger partial charge on any atom is 0.0173 e. The standard InChI is InChI=1S/C2H8N2S2/c3-1-2-5-6-4/h1-4H2. The van der Waals surface area contributed by atoms with Crippen molar-refractivity contribution < 1.29 is 0 Å². The van der Waals surface area contributed by atoms with Crippen molar-refractivity contribution in [3.8, 4) is 0 Å². The lowest BCUT2D eigenvalue weighted by molar-refractivity contribution is 1.16. The molecule has 0 atom stereocenters. The van der Waals surface area contributed by atoms with E-state index in [1.165, 1.54) is 11.0 Å². The van der Waals surface area contributed by atoms with Gasteiger partial charge in [0.25, 0.3) is 0 Å². The molecular weight excluding hydrogens is 116 g/mol. The molecule has 0 aliphatic heterocycles. The molecule has 0 aliphatic rings. The highest BCUT2D eigenvalue weighted by Crippen LogP contribution is 2.10. The van der Waals surface area contributed by atoms with Crippen LogP contribution in [0.25, 0.3) is 0 Å². The molecule has 0 amide bonds. The van der Waals surface area contributed by atoms with E-state index >= 15 is 0 Å². The molecule has 38 valence electrons. The zero-order chi connectivity index (χ0) is 4.83. The Morgan fingerprint density at radius 2 is 2.17 bits per heavy atom. The van der Waals surface area contributed by atoms with Crippen molar-refractivity contribution in [3.63, 3.8) is 0 Å². The first-order valence-corrected chi connectivity index (χ1v) is 3.98. The highest BCUT2D eigenvalue weighted by molar-refractivity contribution is 8.75. The van der Waals surface area contributed by atoms with E-state index < -0.39 is 0 Å². The third-order valence-electron chi connectivity index (χ3n) is 0.269. The van der Waals surface area contributed by atoms with Crippen LogP contribution < -0.4 is 10.9 Å². The average Bonchev–Trinajstić information content (AvgIpc) is 1.61. The number of hydrogen-bond donors (Lipinski definition) is 2. The molecule has 4 heteroatoms. The van der Waals surface area contributed by atoms with Gasteiger partial charge in [-0.05, 0) is 11.0 Å². The quantitative estimate of drug-likeness (QED) is 0.320. The molecule has 0 aromatic carbocycles. The topological polar surface area (TPSA) is 52.0 Å². The molecule has 0 radical (unpaired) electrons. The fourth-order valence-corrected chi connectivity index (χ4v) is 0.866. The third-order valence-corrected chi connectivity index (χ3v) is 1.72. The molecule has 0 aromatic heterocycles. The second-order valence-electron chi connectivity index (χ2n) is 0.707. The van der Waals surface area contributed by atoms with Crippen molar-refractivity contribution in [1.29, 1.82) is 0 Å². The minimum Gasteiger partial charge on any atom is -0.330 e. The summed E-state index contributed by atoms with van der Waals surface area (Å²) >= 11 is 0. The summed E-state index contributed by atoms with van der Waals surface area (Å²) in [5, 5.41) is 5.04. The zero-order valence-electron chi connectivity index (χ0n) is 3.39. The summed E-state index contributed by atoms with van der Waals surface area (Å²) < 4.78 is 0. The molecule has 0 bridgehead atoms. The molecule has 0 aromatic rings. The lowest BCUT2D eigenvalue weighted by atomic mass is 10.8. The van der Waals surface area contributed by atoms with E-state index in [0.29, 0.717) is 0 Å². The van der Waals surface area contributed by atoms with Crippen LogP contribution in [-0.4, -0.2) is 12.3 Å². The molecule has 0 saturated carbocycles. The van der Waals surface area contributed by atoms with E-state index in [0.717, 1.165) is 12.3 Å². The normalized spacial score (nSPS) is 9.00. The van der Waals surface area contributed by atoms with Gasteiger partial charge in [0.1, 0.15) is 0 Å². The molecule has 0 unspecified atom stereocenters. The van der Waals surface area contributed by atoms with Gasteiger partial charge in [0.2, 0.25) is 0 Å². The Kier molecular flexibility index (Phi) is 6.20. The first-order chi connectivity index (χ1) is 2.91. The maximum absolute atomic E-state index is 5.12. The number of hydrogen-bond acceptors (Lipinski definition) is 4. The summed E-state index contributed by atoms with van der Waals surface area (Å²) in [7, 11) is 2.84. The molecule has 2 nitrogen and oxygen atoms in total. The van der Waals surface area contributed by atoms with Crippen molar-refractivity contribution in [3.05, 3.63) is 0 Å². The number of rotatable bonds is 3. The van der Waals surface area contributed by atoms with Crippen LogP contribution in [0.3, 0.4) is 0 Å². The Labute approximate surface area is 45.6 Å².